The Morgan fingerprint density at radius 2 is 2.06 bits per heavy atom. The van der Waals surface area contributed by atoms with Crippen LogP contribution in [0.3, 0.4) is 0 Å². The predicted octanol–water partition coefficient (Wildman–Crippen LogP) is 4.91. The van der Waals surface area contributed by atoms with E-state index in [0.717, 1.165) is 6.54 Å². The van der Waals surface area contributed by atoms with E-state index in [2.05, 4.69) is 61.9 Å². The second kappa shape index (κ2) is 5.65. The molecule has 1 aromatic heterocycles. The number of hydrogen-bond donors (Lipinski definition) is 1. The SMILES string of the molecule is CCNC(CC(C)(C)C)c1cc(Br)c(C)s1. The monoisotopic (exact) mass is 303 g/mol. The Morgan fingerprint density at radius 1 is 1.44 bits per heavy atom. The fourth-order valence-electron chi connectivity index (χ4n) is 1.79. The van der Waals surface area contributed by atoms with Crippen LogP contribution < -0.4 is 5.32 Å². The van der Waals surface area contributed by atoms with E-state index >= 15 is 0 Å². The number of aryl methyl sites for hydroxylation is 1. The van der Waals surface area contributed by atoms with Crippen LogP contribution in [0.5, 0.6) is 0 Å². The summed E-state index contributed by atoms with van der Waals surface area (Å²) >= 11 is 5.49. The number of thiophene rings is 1. The molecule has 1 atom stereocenters. The molecule has 1 nitrogen and oxygen atoms in total. The van der Waals surface area contributed by atoms with Crippen LogP contribution in [0.25, 0.3) is 0 Å². The molecule has 0 aliphatic rings. The van der Waals surface area contributed by atoms with Crippen molar-refractivity contribution in [2.24, 2.45) is 5.41 Å². The van der Waals surface area contributed by atoms with Crippen LogP contribution in [0.4, 0.5) is 0 Å². The zero-order valence-electron chi connectivity index (χ0n) is 10.9. The van der Waals surface area contributed by atoms with Crippen LogP contribution >= 0.6 is 27.3 Å². The molecule has 0 fully saturated rings. The third-order valence-corrected chi connectivity index (χ3v) is 4.74. The highest BCUT2D eigenvalue weighted by Gasteiger charge is 2.21. The molecule has 0 radical (unpaired) electrons. The molecule has 0 spiro atoms. The number of hydrogen-bond acceptors (Lipinski definition) is 2. The molecule has 16 heavy (non-hydrogen) atoms. The van der Waals surface area contributed by atoms with Gasteiger partial charge in [-0.25, -0.2) is 0 Å². The first-order valence-electron chi connectivity index (χ1n) is 5.82. The van der Waals surface area contributed by atoms with Gasteiger partial charge in [0.2, 0.25) is 0 Å². The van der Waals surface area contributed by atoms with Gasteiger partial charge in [0.1, 0.15) is 0 Å². The Kier molecular flexibility index (Phi) is 5.02. The van der Waals surface area contributed by atoms with Gasteiger partial charge in [0.05, 0.1) is 0 Å². The van der Waals surface area contributed by atoms with Gasteiger partial charge in [0.25, 0.3) is 0 Å². The van der Waals surface area contributed by atoms with Gasteiger partial charge < -0.3 is 5.32 Å². The van der Waals surface area contributed by atoms with Crippen molar-refractivity contribution in [3.05, 3.63) is 20.3 Å². The Bertz CT molecular complexity index is 319. The van der Waals surface area contributed by atoms with E-state index in [-0.39, 0.29) is 0 Å². The first kappa shape index (κ1) is 14.2. The molecule has 1 aromatic rings. The van der Waals surface area contributed by atoms with Gasteiger partial charge in [-0.2, -0.15) is 0 Å². The molecule has 1 unspecified atom stereocenters. The van der Waals surface area contributed by atoms with Crippen LogP contribution in [0, 0.1) is 12.3 Å². The van der Waals surface area contributed by atoms with Gasteiger partial charge in [-0.15, -0.1) is 11.3 Å². The second-order valence-corrected chi connectivity index (χ2v) is 7.57. The van der Waals surface area contributed by atoms with Gasteiger partial charge in [0, 0.05) is 20.3 Å². The predicted molar refractivity (Wildman–Crippen MR) is 77.2 cm³/mol. The van der Waals surface area contributed by atoms with E-state index < -0.39 is 0 Å². The lowest BCUT2D eigenvalue weighted by molar-refractivity contribution is 0.316. The molecule has 3 heteroatoms. The summed E-state index contributed by atoms with van der Waals surface area (Å²) in [5, 5.41) is 3.59. The molecule has 0 saturated heterocycles. The van der Waals surface area contributed by atoms with Crippen molar-refractivity contribution < 1.29 is 0 Å². The quantitative estimate of drug-likeness (QED) is 0.833. The normalized spacial score (nSPS) is 14.1. The summed E-state index contributed by atoms with van der Waals surface area (Å²) in [5.41, 5.74) is 0.358. The van der Waals surface area contributed by atoms with Gasteiger partial charge >= 0.3 is 0 Å². The molecule has 0 aliphatic carbocycles. The van der Waals surface area contributed by atoms with E-state index in [4.69, 9.17) is 0 Å². The van der Waals surface area contributed by atoms with Gasteiger partial charge in [-0.05, 0) is 47.3 Å². The summed E-state index contributed by atoms with van der Waals surface area (Å²) in [7, 11) is 0. The maximum absolute atomic E-state index is 3.60. The summed E-state index contributed by atoms with van der Waals surface area (Å²) in [6.07, 6.45) is 1.17. The van der Waals surface area contributed by atoms with Crippen LogP contribution in [0.1, 0.15) is 49.9 Å². The van der Waals surface area contributed by atoms with E-state index in [1.807, 2.05) is 11.3 Å². The average Bonchev–Trinajstić information content (AvgIpc) is 2.44. The van der Waals surface area contributed by atoms with E-state index in [1.165, 1.54) is 20.6 Å². The zero-order valence-corrected chi connectivity index (χ0v) is 13.3. The first-order valence-corrected chi connectivity index (χ1v) is 7.43. The Hall–Kier alpha value is 0.140. The molecule has 1 rings (SSSR count). The van der Waals surface area contributed by atoms with E-state index in [0.29, 0.717) is 11.5 Å². The lowest BCUT2D eigenvalue weighted by Crippen LogP contribution is -2.24. The van der Waals surface area contributed by atoms with Crippen LogP contribution in [-0.2, 0) is 0 Å². The average molecular weight is 304 g/mol. The summed E-state index contributed by atoms with van der Waals surface area (Å²) in [5.74, 6) is 0. The molecule has 1 heterocycles. The largest absolute Gasteiger partial charge is 0.310 e. The minimum atomic E-state index is 0.358. The summed E-state index contributed by atoms with van der Waals surface area (Å²) in [6.45, 7) is 12.3. The molecule has 1 N–H and O–H groups in total. The number of nitrogens with one attached hydrogen (secondary N) is 1. The standard InChI is InChI=1S/C13H22BrNS/c1-6-15-11(8-13(3,4)5)12-7-10(14)9(2)16-12/h7,11,15H,6,8H2,1-5H3. The van der Waals surface area contributed by atoms with Crippen molar-refractivity contribution in [2.75, 3.05) is 6.54 Å². The second-order valence-electron chi connectivity index (χ2n) is 5.43. The minimum Gasteiger partial charge on any atom is -0.310 e. The fraction of sp³-hybridized carbons (Fsp3) is 0.692. The summed E-state index contributed by atoms with van der Waals surface area (Å²) in [4.78, 5) is 2.81. The Balaban J connectivity index is 2.85. The van der Waals surface area contributed by atoms with Crippen molar-refractivity contribution in [2.45, 2.75) is 47.1 Å². The van der Waals surface area contributed by atoms with Crippen LogP contribution in [-0.4, -0.2) is 6.54 Å². The molecular weight excluding hydrogens is 282 g/mol. The molecule has 0 aromatic carbocycles. The molecular formula is C13H22BrNS. The fourth-order valence-corrected chi connectivity index (χ4v) is 3.42. The van der Waals surface area contributed by atoms with Crippen LogP contribution in [0.2, 0.25) is 0 Å². The van der Waals surface area contributed by atoms with Crippen molar-refractivity contribution >= 4 is 27.3 Å². The highest BCUT2D eigenvalue weighted by Crippen LogP contribution is 2.36. The van der Waals surface area contributed by atoms with Crippen molar-refractivity contribution in [3.8, 4) is 0 Å². The highest BCUT2D eigenvalue weighted by molar-refractivity contribution is 9.10. The molecule has 92 valence electrons. The minimum absolute atomic E-state index is 0.358. The highest BCUT2D eigenvalue weighted by atomic mass is 79.9. The number of halogens is 1. The van der Waals surface area contributed by atoms with Gasteiger partial charge in [-0.1, -0.05) is 27.7 Å². The van der Waals surface area contributed by atoms with Crippen molar-refractivity contribution in [3.63, 3.8) is 0 Å². The Labute approximate surface area is 112 Å². The smallest absolute Gasteiger partial charge is 0.0420 e. The van der Waals surface area contributed by atoms with E-state index in [9.17, 15) is 0 Å². The molecule has 0 saturated carbocycles. The Morgan fingerprint density at radius 3 is 2.44 bits per heavy atom. The van der Waals surface area contributed by atoms with Gasteiger partial charge in [0.15, 0.2) is 0 Å². The molecule has 0 aliphatic heterocycles. The number of rotatable bonds is 4. The maximum atomic E-state index is 3.60. The zero-order chi connectivity index (χ0) is 12.3. The maximum Gasteiger partial charge on any atom is 0.0420 e. The molecule has 0 bridgehead atoms. The third-order valence-electron chi connectivity index (χ3n) is 2.49. The molecule has 0 amide bonds. The van der Waals surface area contributed by atoms with Crippen LogP contribution in [0.15, 0.2) is 10.5 Å². The van der Waals surface area contributed by atoms with Crippen molar-refractivity contribution in [1.82, 2.24) is 5.32 Å². The lowest BCUT2D eigenvalue weighted by atomic mass is 9.87. The third kappa shape index (κ3) is 4.19. The van der Waals surface area contributed by atoms with E-state index in [1.54, 1.807) is 0 Å². The lowest BCUT2D eigenvalue weighted by Gasteiger charge is -2.25. The van der Waals surface area contributed by atoms with Gasteiger partial charge in [-0.3, -0.25) is 0 Å². The first-order chi connectivity index (χ1) is 7.33. The summed E-state index contributed by atoms with van der Waals surface area (Å²) < 4.78 is 1.24. The van der Waals surface area contributed by atoms with Crippen molar-refractivity contribution in [1.29, 1.82) is 0 Å². The topological polar surface area (TPSA) is 12.0 Å². The summed E-state index contributed by atoms with van der Waals surface area (Å²) in [6, 6.07) is 2.75.